The largest absolute Gasteiger partial charge is 0.381 e. The van der Waals surface area contributed by atoms with Crippen LogP contribution in [0.25, 0.3) is 0 Å². The topological polar surface area (TPSA) is 34.2 Å². The van der Waals surface area contributed by atoms with Gasteiger partial charge in [-0.2, -0.15) is 0 Å². The van der Waals surface area contributed by atoms with E-state index in [1.54, 1.807) is 0 Å². The summed E-state index contributed by atoms with van der Waals surface area (Å²) in [4.78, 5) is 6.07. The fraction of sp³-hybridized carbons (Fsp3) is 0.812. The number of nitrogens with one attached hydrogen (secondary N) is 1. The highest BCUT2D eigenvalue weighted by molar-refractivity contribution is 7.11. The summed E-state index contributed by atoms with van der Waals surface area (Å²) in [6.45, 7) is 13.7. The van der Waals surface area contributed by atoms with Crippen molar-refractivity contribution in [1.82, 2.24) is 10.3 Å². The molecule has 2 heterocycles. The van der Waals surface area contributed by atoms with Crippen LogP contribution in [0.2, 0.25) is 0 Å². The molecule has 114 valence electrons. The lowest BCUT2D eigenvalue weighted by atomic mass is 9.79. The van der Waals surface area contributed by atoms with E-state index in [2.05, 4.69) is 39.9 Å². The van der Waals surface area contributed by atoms with Gasteiger partial charge in [0, 0.05) is 35.4 Å². The first-order chi connectivity index (χ1) is 9.30. The van der Waals surface area contributed by atoms with Crippen LogP contribution in [0.3, 0.4) is 0 Å². The van der Waals surface area contributed by atoms with Gasteiger partial charge in [-0.3, -0.25) is 0 Å². The Bertz CT molecular complexity index is 422. The Morgan fingerprint density at radius 2 is 2.10 bits per heavy atom. The van der Waals surface area contributed by atoms with E-state index in [4.69, 9.17) is 9.72 Å². The number of nitrogens with zero attached hydrogens (tertiary/aromatic N) is 1. The van der Waals surface area contributed by atoms with Crippen LogP contribution < -0.4 is 5.32 Å². The summed E-state index contributed by atoms with van der Waals surface area (Å²) in [6, 6.07) is 0. The first kappa shape index (κ1) is 15.9. The van der Waals surface area contributed by atoms with Gasteiger partial charge < -0.3 is 10.1 Å². The summed E-state index contributed by atoms with van der Waals surface area (Å²) in [6.07, 6.45) is 3.43. The Morgan fingerprint density at radius 3 is 2.60 bits per heavy atom. The molecular weight excluding hydrogens is 268 g/mol. The van der Waals surface area contributed by atoms with Crippen LogP contribution in [-0.2, 0) is 11.2 Å². The number of ether oxygens (including phenoxy) is 1. The summed E-state index contributed by atoms with van der Waals surface area (Å²) in [5, 5.41) is 4.94. The van der Waals surface area contributed by atoms with Crippen LogP contribution in [0.15, 0.2) is 0 Å². The number of hydrogen-bond acceptors (Lipinski definition) is 4. The van der Waals surface area contributed by atoms with Crippen molar-refractivity contribution in [2.45, 2.75) is 59.4 Å². The highest BCUT2D eigenvalue weighted by Crippen LogP contribution is 2.34. The highest BCUT2D eigenvalue weighted by Gasteiger charge is 2.35. The van der Waals surface area contributed by atoms with Crippen molar-refractivity contribution >= 4 is 11.3 Å². The maximum Gasteiger partial charge on any atom is 0.0937 e. The predicted molar refractivity (Wildman–Crippen MR) is 85.5 cm³/mol. The molecule has 0 saturated carbocycles. The lowest BCUT2D eigenvalue weighted by Gasteiger charge is -2.39. The Kier molecular flexibility index (Phi) is 4.88. The Morgan fingerprint density at radius 1 is 1.35 bits per heavy atom. The summed E-state index contributed by atoms with van der Waals surface area (Å²) < 4.78 is 5.80. The molecule has 0 radical (unpaired) electrons. The van der Waals surface area contributed by atoms with Crippen LogP contribution >= 0.6 is 11.3 Å². The maximum atomic E-state index is 5.80. The lowest BCUT2D eigenvalue weighted by Crippen LogP contribution is -2.48. The van der Waals surface area contributed by atoms with Gasteiger partial charge in [0.1, 0.15) is 0 Å². The number of hydrogen-bond donors (Lipinski definition) is 1. The van der Waals surface area contributed by atoms with Crippen LogP contribution in [0.5, 0.6) is 0 Å². The molecule has 1 aromatic heterocycles. The van der Waals surface area contributed by atoms with E-state index in [0.29, 0.717) is 0 Å². The van der Waals surface area contributed by atoms with Gasteiger partial charge in [0.25, 0.3) is 0 Å². The van der Waals surface area contributed by atoms with Crippen LogP contribution in [-0.4, -0.2) is 30.3 Å². The number of thiazole rings is 1. The van der Waals surface area contributed by atoms with Gasteiger partial charge in [-0.15, -0.1) is 11.3 Å². The molecule has 2 rings (SSSR count). The molecule has 1 aromatic rings. The van der Waals surface area contributed by atoms with Gasteiger partial charge in [-0.25, -0.2) is 4.98 Å². The van der Waals surface area contributed by atoms with Crippen molar-refractivity contribution < 1.29 is 4.74 Å². The van der Waals surface area contributed by atoms with Crippen molar-refractivity contribution in [3.8, 4) is 0 Å². The third kappa shape index (κ3) is 4.27. The van der Waals surface area contributed by atoms with Gasteiger partial charge in [0.2, 0.25) is 0 Å². The van der Waals surface area contributed by atoms with E-state index >= 15 is 0 Å². The smallest absolute Gasteiger partial charge is 0.0937 e. The monoisotopic (exact) mass is 296 g/mol. The van der Waals surface area contributed by atoms with E-state index in [1.165, 1.54) is 22.0 Å². The van der Waals surface area contributed by atoms with E-state index in [-0.39, 0.29) is 11.0 Å². The summed E-state index contributed by atoms with van der Waals surface area (Å²) in [5.41, 5.74) is 1.54. The molecule has 0 aromatic carbocycles. The van der Waals surface area contributed by atoms with Crippen LogP contribution in [0.1, 0.15) is 49.2 Å². The molecule has 1 N–H and O–H groups in total. The fourth-order valence-electron chi connectivity index (χ4n) is 2.64. The fourth-order valence-corrected chi connectivity index (χ4v) is 3.75. The molecule has 1 saturated heterocycles. The molecule has 0 spiro atoms. The van der Waals surface area contributed by atoms with E-state index in [1.807, 2.05) is 11.3 Å². The molecule has 1 unspecified atom stereocenters. The highest BCUT2D eigenvalue weighted by atomic mass is 32.1. The Hall–Kier alpha value is -0.450. The van der Waals surface area contributed by atoms with Crippen LogP contribution in [0, 0.1) is 19.3 Å². The van der Waals surface area contributed by atoms with Crippen molar-refractivity contribution in [3.63, 3.8) is 0 Å². The Labute approximate surface area is 127 Å². The second-order valence-corrected chi connectivity index (χ2v) is 8.47. The van der Waals surface area contributed by atoms with Crippen LogP contribution in [0.4, 0.5) is 0 Å². The van der Waals surface area contributed by atoms with Crippen molar-refractivity contribution in [3.05, 3.63) is 15.6 Å². The SMILES string of the molecule is Cc1nc(CC2(CNC(C)(C)C)CCCOC2)sc1C. The molecule has 0 amide bonds. The Balaban J connectivity index is 2.10. The summed E-state index contributed by atoms with van der Waals surface area (Å²) >= 11 is 1.85. The zero-order valence-electron chi connectivity index (χ0n) is 13.5. The second-order valence-electron chi connectivity index (χ2n) is 7.19. The molecule has 20 heavy (non-hydrogen) atoms. The van der Waals surface area contributed by atoms with E-state index in [9.17, 15) is 0 Å². The van der Waals surface area contributed by atoms with Crippen molar-refractivity contribution in [2.75, 3.05) is 19.8 Å². The minimum absolute atomic E-state index is 0.152. The normalized spacial score (nSPS) is 24.1. The molecule has 1 fully saturated rings. The second kappa shape index (κ2) is 6.12. The quantitative estimate of drug-likeness (QED) is 0.923. The average Bonchev–Trinajstić information content (AvgIpc) is 2.66. The van der Waals surface area contributed by atoms with Gasteiger partial charge in [-0.05, 0) is 47.5 Å². The van der Waals surface area contributed by atoms with E-state index < -0.39 is 0 Å². The van der Waals surface area contributed by atoms with Gasteiger partial charge in [0.05, 0.1) is 17.3 Å². The maximum absolute atomic E-state index is 5.80. The van der Waals surface area contributed by atoms with Gasteiger partial charge >= 0.3 is 0 Å². The molecule has 1 aliphatic heterocycles. The molecular formula is C16H28N2OS. The molecule has 1 aliphatic rings. The first-order valence-corrected chi connectivity index (χ1v) is 8.37. The number of aromatic nitrogens is 1. The summed E-state index contributed by atoms with van der Waals surface area (Å²) in [5.74, 6) is 0. The minimum atomic E-state index is 0.152. The first-order valence-electron chi connectivity index (χ1n) is 7.55. The zero-order valence-corrected chi connectivity index (χ0v) is 14.3. The third-order valence-electron chi connectivity index (χ3n) is 4.00. The standard InChI is InChI=1S/C16H28N2OS/c1-12-13(2)20-14(18-12)9-16(7-6-8-19-11-16)10-17-15(3,4)5/h17H,6-11H2,1-5H3. The van der Waals surface area contributed by atoms with E-state index in [0.717, 1.165) is 32.6 Å². The predicted octanol–water partition coefficient (Wildman–Crippen LogP) is 3.49. The summed E-state index contributed by atoms with van der Waals surface area (Å²) in [7, 11) is 0. The minimum Gasteiger partial charge on any atom is -0.381 e. The average molecular weight is 296 g/mol. The van der Waals surface area contributed by atoms with Gasteiger partial charge in [0.15, 0.2) is 0 Å². The van der Waals surface area contributed by atoms with Crippen molar-refractivity contribution in [1.29, 1.82) is 0 Å². The lowest BCUT2D eigenvalue weighted by molar-refractivity contribution is -0.00996. The number of rotatable bonds is 4. The zero-order chi connectivity index (χ0) is 14.8. The third-order valence-corrected chi connectivity index (χ3v) is 5.07. The molecule has 4 heteroatoms. The molecule has 1 atom stereocenters. The molecule has 0 bridgehead atoms. The number of aryl methyl sites for hydroxylation is 2. The molecule has 0 aliphatic carbocycles. The van der Waals surface area contributed by atoms with Gasteiger partial charge in [-0.1, -0.05) is 0 Å². The van der Waals surface area contributed by atoms with Crippen molar-refractivity contribution in [2.24, 2.45) is 5.41 Å². The molecule has 3 nitrogen and oxygen atoms in total.